The maximum Gasteiger partial charge on any atom is 0.405 e. The Morgan fingerprint density at radius 3 is 2.55 bits per heavy atom. The summed E-state index contributed by atoms with van der Waals surface area (Å²) in [4.78, 5) is 51.3. The van der Waals surface area contributed by atoms with E-state index < -0.39 is 51.9 Å². The number of Topliss-reactive ketones (excluding diaryl/α,β-unsaturated/α-hetero) is 1. The van der Waals surface area contributed by atoms with Crippen LogP contribution in [0.3, 0.4) is 0 Å². The number of nitrogens with one attached hydrogen (secondary N) is 2. The number of hydrogen-bond donors (Lipinski definition) is 4. The van der Waals surface area contributed by atoms with E-state index in [0.29, 0.717) is 12.0 Å². The van der Waals surface area contributed by atoms with Crippen LogP contribution in [0.1, 0.15) is 33.6 Å². The standard InChI is InChI=1S/C30H40IN3O8/c1-7-11-33-25-19-12-16(2)13-24(41-6)27(37)20(31)14-18(4)28(42-30(32)39)23(40-5)10-8-9-17(3)29(38)34-21(26(19)36)15-22(25)35/h7-10,14-16,20,23-24,27-28,33,37H,1,11-13H2,2-6H3,(H2,32,39)(H,34,38)/b10-8-,17-9+,18-14+/t16-,20+,23?,24?,27-,28?/m1/s1. The Balaban J connectivity index is 2.62. The fourth-order valence-electron chi connectivity index (χ4n) is 4.66. The highest BCUT2D eigenvalue weighted by atomic mass is 127. The summed E-state index contributed by atoms with van der Waals surface area (Å²) in [5.41, 5.74) is 6.40. The minimum Gasteiger partial charge on any atom is -0.439 e. The third-order valence-electron chi connectivity index (χ3n) is 6.90. The number of allylic oxidation sites excluding steroid dienone is 4. The molecule has 0 fully saturated rings. The molecule has 12 heteroatoms. The van der Waals surface area contributed by atoms with Gasteiger partial charge in [-0.05, 0) is 38.2 Å². The largest absolute Gasteiger partial charge is 0.439 e. The van der Waals surface area contributed by atoms with Gasteiger partial charge >= 0.3 is 6.09 Å². The summed E-state index contributed by atoms with van der Waals surface area (Å²) in [6.07, 6.45) is 5.28. The molecule has 0 aromatic heterocycles. The van der Waals surface area contributed by atoms with Crippen molar-refractivity contribution in [1.82, 2.24) is 10.6 Å². The first-order valence-corrected chi connectivity index (χ1v) is 14.7. The number of carbonyl (C=O) groups excluding carboxylic acids is 4. The number of ether oxygens (including phenoxy) is 3. The van der Waals surface area contributed by atoms with Crippen molar-refractivity contribution >= 4 is 46.2 Å². The van der Waals surface area contributed by atoms with Crippen LogP contribution < -0.4 is 16.4 Å². The molecule has 1 aliphatic heterocycles. The highest BCUT2D eigenvalue weighted by molar-refractivity contribution is 14.1. The number of hydrogen-bond acceptors (Lipinski definition) is 9. The number of halogens is 1. The lowest BCUT2D eigenvalue weighted by molar-refractivity contribution is -0.120. The molecule has 2 aliphatic rings. The summed E-state index contributed by atoms with van der Waals surface area (Å²) in [6, 6.07) is 0. The molecule has 1 aliphatic carbocycles. The van der Waals surface area contributed by atoms with E-state index in [0.717, 1.165) is 6.08 Å². The monoisotopic (exact) mass is 697 g/mol. The SMILES string of the molecule is C=CCNC1=C2C[C@@H](C)CC(OC)[C@H](O)[C@@H](I)/C=C(\C)C(OC(N)=O)C(OC)/C=C\C=C(/C)C(=O)NC(=CC1=O)C2=O. The predicted octanol–water partition coefficient (Wildman–Crippen LogP) is 2.71. The van der Waals surface area contributed by atoms with Crippen molar-refractivity contribution in [3.63, 3.8) is 0 Å². The van der Waals surface area contributed by atoms with E-state index in [1.807, 2.05) is 6.92 Å². The smallest absolute Gasteiger partial charge is 0.405 e. The van der Waals surface area contributed by atoms with Crippen LogP contribution in [0.25, 0.3) is 0 Å². The Morgan fingerprint density at radius 1 is 1.26 bits per heavy atom. The van der Waals surface area contributed by atoms with Crippen molar-refractivity contribution < 1.29 is 38.5 Å². The predicted molar refractivity (Wildman–Crippen MR) is 166 cm³/mol. The zero-order valence-corrected chi connectivity index (χ0v) is 26.7. The Morgan fingerprint density at radius 2 is 1.95 bits per heavy atom. The van der Waals surface area contributed by atoms with Crippen molar-refractivity contribution in [3.05, 3.63) is 71.1 Å². The van der Waals surface area contributed by atoms with Crippen molar-refractivity contribution in [2.75, 3.05) is 20.8 Å². The molecule has 0 radical (unpaired) electrons. The van der Waals surface area contributed by atoms with Crippen molar-refractivity contribution in [3.8, 4) is 0 Å². The summed E-state index contributed by atoms with van der Waals surface area (Å²) in [5, 5.41) is 16.7. The minimum atomic E-state index is -1.00. The molecule has 0 aromatic rings. The summed E-state index contributed by atoms with van der Waals surface area (Å²) < 4.78 is 16.1. The van der Waals surface area contributed by atoms with Gasteiger partial charge in [0.2, 0.25) is 11.6 Å². The van der Waals surface area contributed by atoms with Crippen molar-refractivity contribution in [1.29, 1.82) is 0 Å². The van der Waals surface area contributed by atoms with Crippen LogP contribution in [0.15, 0.2) is 71.1 Å². The molecule has 2 rings (SSSR count). The summed E-state index contributed by atoms with van der Waals surface area (Å²) in [6.45, 7) is 9.09. The van der Waals surface area contributed by atoms with Gasteiger partial charge < -0.3 is 35.7 Å². The number of carbonyl (C=O) groups is 4. The van der Waals surface area contributed by atoms with Crippen LogP contribution in [-0.2, 0) is 28.6 Å². The number of aliphatic hydroxyl groups excluding tert-OH is 1. The second kappa shape index (κ2) is 16.5. The highest BCUT2D eigenvalue weighted by Gasteiger charge is 2.33. The maximum absolute atomic E-state index is 13.5. The van der Waals surface area contributed by atoms with Gasteiger partial charge in [-0.15, -0.1) is 6.58 Å². The number of primary amides is 1. The number of aliphatic hydroxyl groups is 1. The topological polar surface area (TPSA) is 166 Å². The number of ketones is 2. The highest BCUT2D eigenvalue weighted by Crippen LogP contribution is 2.29. The molecule has 11 nitrogen and oxygen atoms in total. The van der Waals surface area contributed by atoms with Crippen LogP contribution in [0, 0.1) is 5.92 Å². The number of alkyl halides is 1. The average Bonchev–Trinajstić information content (AvgIpc) is 2.94. The molecule has 0 aromatic carbocycles. The Hall–Kier alpha value is -3.07. The van der Waals surface area contributed by atoms with Gasteiger partial charge in [-0.3, -0.25) is 14.4 Å². The number of methoxy groups -OCH3 is 2. The molecule has 3 unspecified atom stereocenters. The lowest BCUT2D eigenvalue weighted by Gasteiger charge is -2.29. The molecule has 0 saturated heterocycles. The molecular weight excluding hydrogens is 657 g/mol. The van der Waals surface area contributed by atoms with Crippen molar-refractivity contribution in [2.24, 2.45) is 11.7 Å². The molecule has 230 valence electrons. The molecule has 0 spiro atoms. The molecule has 6 atom stereocenters. The first-order valence-electron chi connectivity index (χ1n) is 13.4. The quantitative estimate of drug-likeness (QED) is 0.141. The summed E-state index contributed by atoms with van der Waals surface area (Å²) in [5.74, 6) is -1.71. The Labute approximate surface area is 260 Å². The van der Waals surface area contributed by atoms with Gasteiger partial charge in [0, 0.05) is 38.0 Å². The van der Waals surface area contributed by atoms with Gasteiger partial charge in [0.15, 0.2) is 6.10 Å². The van der Waals surface area contributed by atoms with Gasteiger partial charge in [-0.2, -0.15) is 0 Å². The average molecular weight is 698 g/mol. The molecule has 0 saturated carbocycles. The third kappa shape index (κ3) is 9.48. The Bertz CT molecular complexity index is 1220. The van der Waals surface area contributed by atoms with E-state index in [4.69, 9.17) is 19.9 Å². The van der Waals surface area contributed by atoms with E-state index in [9.17, 15) is 24.3 Å². The number of nitrogens with two attached hydrogens (primary N) is 1. The second-order valence-corrected chi connectivity index (χ2v) is 11.6. The van der Waals surface area contributed by atoms with Crippen LogP contribution >= 0.6 is 22.6 Å². The van der Waals surface area contributed by atoms with E-state index in [1.165, 1.54) is 20.3 Å². The minimum absolute atomic E-state index is 0.133. The maximum atomic E-state index is 13.5. The zero-order valence-electron chi connectivity index (χ0n) is 24.5. The summed E-state index contributed by atoms with van der Waals surface area (Å²) in [7, 11) is 2.91. The van der Waals surface area contributed by atoms with Gasteiger partial charge in [-0.1, -0.05) is 59.9 Å². The number of amides is 2. The molecule has 5 N–H and O–H groups in total. The fourth-order valence-corrected chi connectivity index (χ4v) is 5.69. The Kier molecular flexibility index (Phi) is 13.8. The molecular formula is C30H40IN3O8. The number of fused-ring (bicyclic) bond motifs is 2. The van der Waals surface area contributed by atoms with E-state index in [1.54, 1.807) is 38.2 Å². The first kappa shape index (κ1) is 35.1. The van der Waals surface area contributed by atoms with Crippen LogP contribution in [0.2, 0.25) is 0 Å². The van der Waals surface area contributed by atoms with Gasteiger partial charge in [0.1, 0.15) is 6.10 Å². The zero-order chi connectivity index (χ0) is 31.6. The lowest BCUT2D eigenvalue weighted by atomic mass is 9.86. The third-order valence-corrected chi connectivity index (χ3v) is 8.00. The summed E-state index contributed by atoms with van der Waals surface area (Å²) >= 11 is 2.07. The second-order valence-electron chi connectivity index (χ2n) is 10.2. The van der Waals surface area contributed by atoms with E-state index in [-0.39, 0.29) is 41.4 Å². The van der Waals surface area contributed by atoms with Crippen LogP contribution in [-0.4, -0.2) is 77.8 Å². The van der Waals surface area contributed by atoms with Crippen LogP contribution in [0.5, 0.6) is 0 Å². The molecule has 2 amide bonds. The first-order chi connectivity index (χ1) is 19.8. The van der Waals surface area contributed by atoms with Gasteiger partial charge in [0.05, 0.1) is 27.5 Å². The molecule has 1 heterocycles. The van der Waals surface area contributed by atoms with Gasteiger partial charge in [-0.25, -0.2) is 4.79 Å². The molecule has 42 heavy (non-hydrogen) atoms. The van der Waals surface area contributed by atoms with Crippen LogP contribution in [0.4, 0.5) is 4.79 Å². The normalized spacial score (nSPS) is 31.6. The van der Waals surface area contributed by atoms with Gasteiger partial charge in [0.25, 0.3) is 5.91 Å². The van der Waals surface area contributed by atoms with E-state index in [2.05, 4.69) is 39.8 Å². The lowest BCUT2D eigenvalue weighted by Crippen LogP contribution is -2.38. The van der Waals surface area contributed by atoms with Crippen molar-refractivity contribution in [2.45, 2.75) is 62.0 Å². The number of rotatable bonds is 6. The fraction of sp³-hybridized carbons (Fsp3) is 0.467. The van der Waals surface area contributed by atoms with E-state index >= 15 is 0 Å². The molecule has 2 bridgehead atoms.